The average Bonchev–Trinajstić information content (AvgIpc) is 2.77. The maximum absolute atomic E-state index is 5.69. The van der Waals surface area contributed by atoms with Gasteiger partial charge in [-0.25, -0.2) is 4.42 Å². The van der Waals surface area contributed by atoms with E-state index in [-0.39, 0.29) is 0 Å². The minimum absolute atomic E-state index is 0.961. The van der Waals surface area contributed by atoms with Gasteiger partial charge in [0.2, 0.25) is 0 Å². The summed E-state index contributed by atoms with van der Waals surface area (Å²) in [7, 11) is 0. The fraction of sp³-hybridized carbons (Fsp3) is 0.0625. The Balaban J connectivity index is 2.17. The number of para-hydroxylation sites is 1. The molecule has 1 nitrogen and oxygen atoms in total. The molecule has 0 spiro atoms. The van der Waals surface area contributed by atoms with Crippen LogP contribution in [0.5, 0.6) is 0 Å². The van der Waals surface area contributed by atoms with Crippen LogP contribution in [-0.2, 0) is 6.42 Å². The molecule has 80 valence electrons. The third-order valence-electron chi connectivity index (χ3n) is 3.47. The molecule has 0 saturated carbocycles. The summed E-state index contributed by atoms with van der Waals surface area (Å²) < 4.78 is 5.69. The van der Waals surface area contributed by atoms with Crippen molar-refractivity contribution in [2.75, 3.05) is 0 Å². The summed E-state index contributed by atoms with van der Waals surface area (Å²) in [5.74, 6) is 0. The van der Waals surface area contributed by atoms with Gasteiger partial charge in [-0.2, -0.15) is 0 Å². The lowest BCUT2D eigenvalue weighted by Gasteiger charge is -1.99. The van der Waals surface area contributed by atoms with Crippen molar-refractivity contribution in [1.82, 2.24) is 0 Å². The van der Waals surface area contributed by atoms with Crippen molar-refractivity contribution in [3.05, 3.63) is 65.9 Å². The lowest BCUT2D eigenvalue weighted by molar-refractivity contribution is 0.598. The Morgan fingerprint density at radius 3 is 2.65 bits per heavy atom. The summed E-state index contributed by atoms with van der Waals surface area (Å²) in [4.78, 5) is 0. The zero-order valence-electron chi connectivity index (χ0n) is 9.31. The molecule has 1 aliphatic carbocycles. The highest BCUT2D eigenvalue weighted by Crippen LogP contribution is 2.40. The first-order valence-electron chi connectivity index (χ1n) is 5.84. The van der Waals surface area contributed by atoms with Crippen LogP contribution < -0.4 is 0 Å². The molecule has 3 aromatic rings. The molecule has 0 N–H and O–H groups in total. The van der Waals surface area contributed by atoms with Gasteiger partial charge in [-0.3, -0.25) is 0 Å². The van der Waals surface area contributed by atoms with Crippen LogP contribution in [0, 0.1) is 0 Å². The highest BCUT2D eigenvalue weighted by molar-refractivity contribution is 5.97. The van der Waals surface area contributed by atoms with E-state index >= 15 is 0 Å². The molecule has 0 bridgehead atoms. The van der Waals surface area contributed by atoms with Gasteiger partial charge < -0.3 is 0 Å². The van der Waals surface area contributed by atoms with Gasteiger partial charge >= 0.3 is 11.8 Å². The van der Waals surface area contributed by atoms with Crippen LogP contribution in [0.2, 0.25) is 0 Å². The number of fused-ring (bicyclic) bond motifs is 5. The van der Waals surface area contributed by atoms with Crippen molar-refractivity contribution < 1.29 is 4.42 Å². The maximum atomic E-state index is 5.69. The zero-order chi connectivity index (χ0) is 11.2. The third-order valence-corrected chi connectivity index (χ3v) is 3.47. The van der Waals surface area contributed by atoms with Crippen molar-refractivity contribution in [2.24, 2.45) is 0 Å². The Morgan fingerprint density at radius 2 is 1.65 bits per heavy atom. The Morgan fingerprint density at radius 1 is 0.824 bits per heavy atom. The molecule has 17 heavy (non-hydrogen) atoms. The van der Waals surface area contributed by atoms with Crippen LogP contribution in [0.25, 0.3) is 22.1 Å². The first-order chi connectivity index (χ1) is 8.43. The molecule has 0 unspecified atom stereocenters. The summed E-state index contributed by atoms with van der Waals surface area (Å²) in [6.45, 7) is 0. The summed E-state index contributed by atoms with van der Waals surface area (Å²) in [5, 5.41) is 1.22. The first-order valence-corrected chi connectivity index (χ1v) is 5.84. The maximum Gasteiger partial charge on any atom is 0.360 e. The summed E-state index contributed by atoms with van der Waals surface area (Å²) in [6.07, 6.45) is 2.89. The van der Waals surface area contributed by atoms with E-state index in [0.29, 0.717) is 0 Å². The van der Waals surface area contributed by atoms with E-state index in [0.717, 1.165) is 12.0 Å². The van der Waals surface area contributed by atoms with Crippen LogP contribution in [0.4, 0.5) is 0 Å². The minimum Gasteiger partial charge on any atom is -0.215 e. The van der Waals surface area contributed by atoms with Gasteiger partial charge in [-0.1, -0.05) is 36.4 Å². The standard InChI is InChI=1S/C16H11O/c1-2-6-13-11(5-1)9-12-10-17-15-8-4-3-7-14(15)16(12)13/h1-8,10H,9H2/q+1. The molecule has 1 aromatic heterocycles. The van der Waals surface area contributed by atoms with E-state index < -0.39 is 0 Å². The summed E-state index contributed by atoms with van der Waals surface area (Å²) >= 11 is 0. The van der Waals surface area contributed by atoms with E-state index in [4.69, 9.17) is 4.42 Å². The lowest BCUT2D eigenvalue weighted by atomic mass is 10.0. The number of hydrogen-bond acceptors (Lipinski definition) is 0. The van der Waals surface area contributed by atoms with Gasteiger partial charge in [0, 0.05) is 18.1 Å². The van der Waals surface area contributed by atoms with Crippen molar-refractivity contribution in [3.8, 4) is 11.1 Å². The van der Waals surface area contributed by atoms with Crippen molar-refractivity contribution >= 4 is 11.0 Å². The Hall–Kier alpha value is -2.15. The molecule has 0 aliphatic heterocycles. The molecule has 0 saturated heterocycles. The molecule has 1 heteroatoms. The number of hydrogen-bond donors (Lipinski definition) is 0. The Bertz CT molecular complexity index is 728. The van der Waals surface area contributed by atoms with Gasteiger partial charge in [-0.05, 0) is 17.2 Å². The smallest absolute Gasteiger partial charge is 0.215 e. The predicted octanol–water partition coefficient (Wildman–Crippen LogP) is 4.29. The summed E-state index contributed by atoms with van der Waals surface area (Å²) in [5.41, 5.74) is 6.36. The second-order valence-corrected chi connectivity index (χ2v) is 4.47. The van der Waals surface area contributed by atoms with E-state index in [1.165, 1.54) is 27.6 Å². The SMILES string of the molecule is c1ccc2c(c1)Cc1c[o+]c3ccccc3c1-2. The highest BCUT2D eigenvalue weighted by atomic mass is 16.3. The molecule has 0 fully saturated rings. The molecule has 0 atom stereocenters. The Kier molecular flexibility index (Phi) is 1.67. The normalized spacial score (nSPS) is 12.5. The van der Waals surface area contributed by atoms with Crippen LogP contribution in [0.1, 0.15) is 11.1 Å². The predicted molar refractivity (Wildman–Crippen MR) is 68.9 cm³/mol. The summed E-state index contributed by atoms with van der Waals surface area (Å²) in [6, 6.07) is 16.9. The van der Waals surface area contributed by atoms with E-state index in [2.05, 4.69) is 36.4 Å². The first kappa shape index (κ1) is 8.94. The second-order valence-electron chi connectivity index (χ2n) is 4.47. The molecule has 0 radical (unpaired) electrons. The third kappa shape index (κ3) is 1.17. The monoisotopic (exact) mass is 219 g/mol. The average molecular weight is 219 g/mol. The molecule has 1 aliphatic rings. The topological polar surface area (TPSA) is 11.3 Å². The van der Waals surface area contributed by atoms with Crippen molar-refractivity contribution in [1.29, 1.82) is 0 Å². The van der Waals surface area contributed by atoms with Gasteiger partial charge in [0.25, 0.3) is 0 Å². The van der Waals surface area contributed by atoms with E-state index in [9.17, 15) is 0 Å². The van der Waals surface area contributed by atoms with Gasteiger partial charge in [0.05, 0.1) is 10.9 Å². The van der Waals surface area contributed by atoms with Gasteiger partial charge in [0.15, 0.2) is 0 Å². The van der Waals surface area contributed by atoms with E-state index in [1.807, 2.05) is 18.4 Å². The second kappa shape index (κ2) is 3.17. The molecule has 0 amide bonds. The van der Waals surface area contributed by atoms with Crippen LogP contribution >= 0.6 is 0 Å². The fourth-order valence-corrected chi connectivity index (χ4v) is 2.71. The Labute approximate surface area is 99.3 Å². The molecular weight excluding hydrogens is 208 g/mol. The minimum atomic E-state index is 0.961. The highest BCUT2D eigenvalue weighted by Gasteiger charge is 2.25. The van der Waals surface area contributed by atoms with Crippen molar-refractivity contribution in [3.63, 3.8) is 0 Å². The van der Waals surface area contributed by atoms with Crippen LogP contribution in [-0.4, -0.2) is 0 Å². The molecule has 1 heterocycles. The molecular formula is C16H11O+. The van der Waals surface area contributed by atoms with Crippen molar-refractivity contribution in [2.45, 2.75) is 6.42 Å². The van der Waals surface area contributed by atoms with Gasteiger partial charge in [0.1, 0.15) is 0 Å². The van der Waals surface area contributed by atoms with E-state index in [1.54, 1.807) is 0 Å². The van der Waals surface area contributed by atoms with Crippen LogP contribution in [0.3, 0.4) is 0 Å². The quantitative estimate of drug-likeness (QED) is 0.402. The number of rotatable bonds is 0. The van der Waals surface area contributed by atoms with Gasteiger partial charge in [-0.15, -0.1) is 0 Å². The fourth-order valence-electron chi connectivity index (χ4n) is 2.71. The largest absolute Gasteiger partial charge is 0.360 e. The molecule has 2 aromatic carbocycles. The number of benzene rings is 2. The zero-order valence-corrected chi connectivity index (χ0v) is 9.31. The molecule has 4 rings (SSSR count). The lowest BCUT2D eigenvalue weighted by Crippen LogP contribution is -1.81. The van der Waals surface area contributed by atoms with Crippen LogP contribution in [0.15, 0.2) is 59.2 Å².